The molecule has 0 spiro atoms. The maximum absolute atomic E-state index is 6.29. The number of unbranched alkanes of at least 4 members (excludes halogenated alkanes) is 26. The zero-order valence-electron chi connectivity index (χ0n) is 25.1. The number of halogens is 1. The summed E-state index contributed by atoms with van der Waals surface area (Å²) in [5, 5.41) is 4.10. The van der Waals surface area contributed by atoms with Gasteiger partial charge in [-0.3, -0.25) is 10.3 Å². The highest BCUT2D eigenvalue weighted by Gasteiger charge is 2.01. The summed E-state index contributed by atoms with van der Waals surface area (Å²) in [6.45, 7) is 6.60. The molecule has 0 radical (unpaired) electrons. The van der Waals surface area contributed by atoms with Crippen molar-refractivity contribution < 1.29 is 4.99 Å². The molecule has 0 bridgehead atoms. The summed E-state index contributed by atoms with van der Waals surface area (Å²) in [6, 6.07) is 0. The largest absolute Gasteiger partial charge is 0.340 e. The second-order valence-electron chi connectivity index (χ2n) is 11.4. The lowest BCUT2D eigenvalue weighted by Crippen LogP contribution is -2.74. The molecule has 0 unspecified atom stereocenters. The predicted octanol–water partition coefficient (Wildman–Crippen LogP) is 10.2. The Morgan fingerprint density at radius 3 is 1.03 bits per heavy atom. The number of hydrogen-bond acceptors (Lipinski definition) is 0. The van der Waals surface area contributed by atoms with Crippen LogP contribution in [0.15, 0.2) is 0 Å². The molecule has 0 saturated heterocycles. The van der Waals surface area contributed by atoms with Crippen LogP contribution in [0.5, 0.6) is 0 Å². The van der Waals surface area contributed by atoms with Crippen molar-refractivity contribution in [2.75, 3.05) is 13.1 Å². The van der Waals surface area contributed by atoms with E-state index >= 15 is 0 Å². The first-order chi connectivity index (χ1) is 17.8. The lowest BCUT2D eigenvalue weighted by Gasteiger charge is -2.03. The van der Waals surface area contributed by atoms with E-state index in [-0.39, 0.29) is 0 Å². The zero-order chi connectivity index (χ0) is 26.2. The van der Waals surface area contributed by atoms with Crippen molar-refractivity contribution in [2.24, 2.45) is 0 Å². The van der Waals surface area contributed by atoms with Gasteiger partial charge in [-0.15, -0.1) is 0 Å². The molecule has 0 aromatic rings. The Bertz CT molecular complexity index is 424. The number of rotatable bonds is 30. The van der Waals surface area contributed by atoms with Crippen LogP contribution in [-0.4, -0.2) is 18.4 Å². The van der Waals surface area contributed by atoms with E-state index in [9.17, 15) is 0 Å². The number of hydrogen-bond donors (Lipinski definition) is 2. The maximum atomic E-state index is 6.29. The van der Waals surface area contributed by atoms with Crippen molar-refractivity contribution in [3.8, 4) is 0 Å². The quantitative estimate of drug-likeness (QED) is 0.0413. The van der Waals surface area contributed by atoms with Crippen molar-refractivity contribution in [1.29, 1.82) is 0 Å². The first kappa shape index (κ1) is 35.8. The van der Waals surface area contributed by atoms with Crippen LogP contribution in [0.2, 0.25) is 0 Å². The summed E-state index contributed by atoms with van der Waals surface area (Å²) in [5.74, 6) is 0. The molecule has 0 aromatic heterocycles. The molecule has 0 aliphatic rings. The fourth-order valence-electron chi connectivity index (χ4n) is 5.10. The molecule has 0 rings (SSSR count). The SMILES string of the molecule is CCCCCCCCCCCCCCCCNC(Cl)=[NH+]CCCCCCCCCCCCCCCC. The normalized spacial score (nSPS) is 11.9. The Labute approximate surface area is 233 Å². The van der Waals surface area contributed by atoms with E-state index in [1.54, 1.807) is 0 Å². The summed E-state index contributed by atoms with van der Waals surface area (Å²) < 4.78 is 0. The third-order valence-corrected chi connectivity index (χ3v) is 7.89. The molecular formula is C33H68ClN2+. The average Bonchev–Trinajstić information content (AvgIpc) is 2.88. The molecule has 0 heterocycles. The lowest BCUT2D eigenvalue weighted by molar-refractivity contribution is -0.457. The Hall–Kier alpha value is -0.240. The second kappa shape index (κ2) is 32.8. The van der Waals surface area contributed by atoms with E-state index in [4.69, 9.17) is 11.6 Å². The van der Waals surface area contributed by atoms with Crippen LogP contribution in [-0.2, 0) is 0 Å². The second-order valence-corrected chi connectivity index (χ2v) is 11.7. The van der Waals surface area contributed by atoms with Crippen molar-refractivity contribution in [3.05, 3.63) is 0 Å². The summed E-state index contributed by atoms with van der Waals surface area (Å²) in [5.41, 5.74) is 0. The predicted molar refractivity (Wildman–Crippen MR) is 165 cm³/mol. The lowest BCUT2D eigenvalue weighted by atomic mass is 10.0. The van der Waals surface area contributed by atoms with Crippen LogP contribution in [0.25, 0.3) is 0 Å². The van der Waals surface area contributed by atoms with Gasteiger partial charge in [-0.25, -0.2) is 0 Å². The van der Waals surface area contributed by atoms with Gasteiger partial charge in [-0.05, 0) is 25.7 Å². The molecule has 0 aromatic carbocycles. The van der Waals surface area contributed by atoms with Crippen LogP contribution < -0.4 is 10.3 Å². The molecule has 0 atom stereocenters. The molecule has 0 saturated carbocycles. The Morgan fingerprint density at radius 1 is 0.417 bits per heavy atom. The molecule has 2 N–H and O–H groups in total. The van der Waals surface area contributed by atoms with Crippen LogP contribution >= 0.6 is 11.6 Å². The van der Waals surface area contributed by atoms with Crippen LogP contribution in [0, 0.1) is 0 Å². The molecule has 36 heavy (non-hydrogen) atoms. The van der Waals surface area contributed by atoms with E-state index in [1.807, 2.05) is 0 Å². The zero-order valence-corrected chi connectivity index (χ0v) is 25.8. The van der Waals surface area contributed by atoms with Crippen molar-refractivity contribution in [1.82, 2.24) is 5.32 Å². The third-order valence-electron chi connectivity index (χ3n) is 7.62. The first-order valence-corrected chi connectivity index (χ1v) is 17.2. The van der Waals surface area contributed by atoms with Gasteiger partial charge in [-0.1, -0.05) is 168 Å². The molecule has 0 fully saturated rings. The molecule has 0 aliphatic carbocycles. The minimum Gasteiger partial charge on any atom is -0.264 e. The monoisotopic (exact) mass is 528 g/mol. The average molecular weight is 528 g/mol. The smallest absolute Gasteiger partial charge is 0.264 e. The minimum absolute atomic E-state index is 0.749. The van der Waals surface area contributed by atoms with Crippen LogP contribution in [0.1, 0.15) is 194 Å². The van der Waals surface area contributed by atoms with Gasteiger partial charge in [0, 0.05) is 11.6 Å². The van der Waals surface area contributed by atoms with Crippen molar-refractivity contribution >= 4 is 16.9 Å². The van der Waals surface area contributed by atoms with Gasteiger partial charge in [0.1, 0.15) is 0 Å². The molecule has 0 aliphatic heterocycles. The summed E-state index contributed by atoms with van der Waals surface area (Å²) in [4.78, 5) is 3.35. The first-order valence-electron chi connectivity index (χ1n) is 16.8. The number of nitrogens with one attached hydrogen (secondary N) is 2. The van der Waals surface area contributed by atoms with Crippen molar-refractivity contribution in [2.45, 2.75) is 194 Å². The van der Waals surface area contributed by atoms with E-state index in [1.165, 1.54) is 180 Å². The maximum Gasteiger partial charge on any atom is 0.340 e. The number of amidine groups is 1. The summed E-state index contributed by atoms with van der Waals surface area (Å²) >= 11 is 6.29. The Morgan fingerprint density at radius 2 is 0.694 bits per heavy atom. The standard InChI is InChI=1S/C33H67ClN2/c1-3-5-7-9-11-13-15-17-19-21-23-25-27-29-31-35-33(34)36-32-30-28-26-24-22-20-18-16-14-12-10-8-6-4-2/h3-32H2,1-2H3,(H,35,36)/p+1. The Balaban J connectivity index is 3.21. The van der Waals surface area contributed by atoms with E-state index < -0.39 is 0 Å². The van der Waals surface area contributed by atoms with E-state index in [0.29, 0.717) is 0 Å². The molecule has 216 valence electrons. The van der Waals surface area contributed by atoms with Crippen LogP contribution in [0.4, 0.5) is 0 Å². The van der Waals surface area contributed by atoms with Gasteiger partial charge in [0.05, 0.1) is 13.1 Å². The van der Waals surface area contributed by atoms with E-state index in [0.717, 1.165) is 18.4 Å². The molecule has 0 amide bonds. The molecule has 3 heteroatoms. The fraction of sp³-hybridized carbons (Fsp3) is 0.970. The van der Waals surface area contributed by atoms with Crippen LogP contribution in [0.3, 0.4) is 0 Å². The topological polar surface area (TPSA) is 26.0 Å². The van der Waals surface area contributed by atoms with Crippen molar-refractivity contribution in [3.63, 3.8) is 0 Å². The van der Waals surface area contributed by atoms with Gasteiger partial charge >= 0.3 is 5.29 Å². The fourth-order valence-corrected chi connectivity index (χ4v) is 5.29. The van der Waals surface area contributed by atoms with E-state index in [2.05, 4.69) is 24.2 Å². The van der Waals surface area contributed by atoms with Gasteiger partial charge in [0.2, 0.25) is 0 Å². The third kappa shape index (κ3) is 31.8. The molecule has 2 nitrogen and oxygen atoms in total. The highest BCUT2D eigenvalue weighted by Crippen LogP contribution is 2.14. The highest BCUT2D eigenvalue weighted by molar-refractivity contribution is 6.62. The summed E-state index contributed by atoms with van der Waals surface area (Å²) in [7, 11) is 0. The van der Waals surface area contributed by atoms with Gasteiger partial charge in [0.15, 0.2) is 0 Å². The summed E-state index contributed by atoms with van der Waals surface area (Å²) in [6.07, 6.45) is 39.4. The van der Waals surface area contributed by atoms with Gasteiger partial charge < -0.3 is 0 Å². The molecular weight excluding hydrogens is 460 g/mol. The van der Waals surface area contributed by atoms with Gasteiger partial charge in [-0.2, -0.15) is 0 Å². The Kier molecular flexibility index (Phi) is 32.6. The van der Waals surface area contributed by atoms with Gasteiger partial charge in [0.25, 0.3) is 0 Å². The highest BCUT2D eigenvalue weighted by atomic mass is 35.5. The minimum atomic E-state index is 0.749.